The van der Waals surface area contributed by atoms with E-state index < -0.39 is 23.5 Å². The first kappa shape index (κ1) is 15.4. The molecule has 0 bridgehead atoms. The predicted molar refractivity (Wildman–Crippen MR) is 69.7 cm³/mol. The molecule has 0 radical (unpaired) electrons. The lowest BCUT2D eigenvalue weighted by Crippen LogP contribution is -2.47. The molecule has 3 aliphatic rings. The molecule has 2 aliphatic heterocycles. The molecule has 124 valence electrons. The van der Waals surface area contributed by atoms with Crippen molar-refractivity contribution < 1.29 is 27.5 Å². The van der Waals surface area contributed by atoms with E-state index in [1.165, 1.54) is 0 Å². The topological polar surface area (TPSA) is 63.2 Å². The number of piperidine rings is 1. The van der Waals surface area contributed by atoms with Crippen LogP contribution in [-0.2, 0) is 14.4 Å². The van der Waals surface area contributed by atoms with Crippen molar-refractivity contribution in [3.8, 4) is 0 Å². The number of hydrogen-bond donors (Lipinski definition) is 1. The number of alkyl halides is 3. The van der Waals surface area contributed by atoms with Crippen molar-refractivity contribution in [2.24, 2.45) is 17.0 Å². The Morgan fingerprint density at radius 1 is 1.55 bits per heavy atom. The van der Waals surface area contributed by atoms with Gasteiger partial charge in [0, 0.05) is 25.6 Å². The Balaban J connectivity index is 1.81. The lowest BCUT2D eigenvalue weighted by Gasteiger charge is -2.31. The van der Waals surface area contributed by atoms with E-state index in [1.54, 1.807) is 0 Å². The molecule has 2 fully saturated rings. The van der Waals surface area contributed by atoms with Gasteiger partial charge in [-0.25, -0.2) is 4.79 Å². The molecule has 1 saturated heterocycles. The van der Waals surface area contributed by atoms with Gasteiger partial charge in [-0.05, 0) is 20.8 Å². The number of esters is 1. The molecule has 1 aliphatic carbocycles. The number of nitrogens with one attached hydrogen (secondary N) is 1. The second kappa shape index (κ2) is 4.50. The standard InChI is InChI=1S/C13H18F3N3O3/c1-4-19-9(18-22-11(19,2)3)8-7-5-17-6-12(7,8)21-10(20)13(14,15)16/h7-8,17H,4-6H2,1-3H3. The normalized spacial score (nSPS) is 35.7. The van der Waals surface area contributed by atoms with E-state index >= 15 is 0 Å². The zero-order chi connectivity index (χ0) is 16.3. The minimum atomic E-state index is -4.99. The average Bonchev–Trinajstić information content (AvgIpc) is 2.69. The van der Waals surface area contributed by atoms with Gasteiger partial charge in [0.05, 0.1) is 5.92 Å². The highest BCUT2D eigenvalue weighted by Crippen LogP contribution is 2.58. The number of nitrogens with zero attached hydrogens (tertiary/aromatic N) is 2. The van der Waals surface area contributed by atoms with Gasteiger partial charge >= 0.3 is 12.1 Å². The van der Waals surface area contributed by atoms with Crippen LogP contribution < -0.4 is 5.32 Å². The molecule has 3 atom stereocenters. The average molecular weight is 321 g/mol. The van der Waals surface area contributed by atoms with Crippen LogP contribution in [0.3, 0.4) is 0 Å². The van der Waals surface area contributed by atoms with Gasteiger partial charge in [0.1, 0.15) is 5.60 Å². The van der Waals surface area contributed by atoms with Crippen LogP contribution in [0.15, 0.2) is 5.16 Å². The number of carbonyl (C=O) groups is 1. The van der Waals surface area contributed by atoms with E-state index in [2.05, 4.69) is 10.5 Å². The molecule has 3 unspecified atom stereocenters. The van der Waals surface area contributed by atoms with Crippen LogP contribution in [0.2, 0.25) is 0 Å². The SMILES string of the molecule is CCN1C(C2C3CNCC32OC(=O)C(F)(F)F)=NOC1(C)C. The third-order valence-corrected chi connectivity index (χ3v) is 4.61. The highest BCUT2D eigenvalue weighted by Gasteiger charge is 2.75. The van der Waals surface area contributed by atoms with E-state index in [-0.39, 0.29) is 18.4 Å². The van der Waals surface area contributed by atoms with E-state index in [0.717, 1.165) is 0 Å². The van der Waals surface area contributed by atoms with E-state index in [1.807, 2.05) is 25.7 Å². The summed E-state index contributed by atoms with van der Waals surface area (Å²) in [6, 6.07) is 0. The quantitative estimate of drug-likeness (QED) is 0.788. The molecule has 2 heterocycles. The molecule has 6 nitrogen and oxygen atoms in total. The number of halogens is 3. The van der Waals surface area contributed by atoms with E-state index in [0.29, 0.717) is 18.9 Å². The fourth-order valence-electron chi connectivity index (χ4n) is 3.55. The molecule has 0 aromatic rings. The van der Waals surface area contributed by atoms with Crippen LogP contribution >= 0.6 is 0 Å². The summed E-state index contributed by atoms with van der Waals surface area (Å²) in [7, 11) is 0. The maximum atomic E-state index is 12.5. The maximum Gasteiger partial charge on any atom is 0.490 e. The van der Waals surface area contributed by atoms with Crippen molar-refractivity contribution in [3.05, 3.63) is 0 Å². The van der Waals surface area contributed by atoms with Gasteiger partial charge < -0.3 is 19.8 Å². The lowest BCUT2D eigenvalue weighted by molar-refractivity contribution is -0.207. The molecule has 0 amide bonds. The van der Waals surface area contributed by atoms with Crippen molar-refractivity contribution in [2.45, 2.75) is 38.3 Å². The summed E-state index contributed by atoms with van der Waals surface area (Å²) >= 11 is 0. The number of carbonyl (C=O) groups excluding carboxylic acids is 1. The Hall–Kier alpha value is -1.51. The molecule has 0 aromatic heterocycles. The first-order valence-electron chi connectivity index (χ1n) is 7.18. The van der Waals surface area contributed by atoms with Crippen LogP contribution in [-0.4, -0.2) is 53.8 Å². The Morgan fingerprint density at radius 3 is 2.82 bits per heavy atom. The monoisotopic (exact) mass is 321 g/mol. The summed E-state index contributed by atoms with van der Waals surface area (Å²) in [5, 5.41) is 7.01. The summed E-state index contributed by atoms with van der Waals surface area (Å²) in [5.41, 5.74) is -1.81. The maximum absolute atomic E-state index is 12.5. The van der Waals surface area contributed by atoms with Gasteiger partial charge in [0.25, 0.3) is 0 Å². The highest BCUT2D eigenvalue weighted by atomic mass is 19.4. The Labute approximate surface area is 125 Å². The van der Waals surface area contributed by atoms with Gasteiger partial charge in [-0.2, -0.15) is 13.2 Å². The number of amidine groups is 1. The van der Waals surface area contributed by atoms with Crippen LogP contribution in [0, 0.1) is 11.8 Å². The zero-order valence-electron chi connectivity index (χ0n) is 12.5. The van der Waals surface area contributed by atoms with Gasteiger partial charge in [-0.15, -0.1) is 0 Å². The van der Waals surface area contributed by atoms with Crippen molar-refractivity contribution >= 4 is 11.8 Å². The van der Waals surface area contributed by atoms with Crippen molar-refractivity contribution in [1.82, 2.24) is 10.2 Å². The highest BCUT2D eigenvalue weighted by molar-refractivity contribution is 5.91. The minimum absolute atomic E-state index is 0.196. The van der Waals surface area contributed by atoms with Crippen LogP contribution in [0.25, 0.3) is 0 Å². The molecular weight excluding hydrogens is 303 g/mol. The van der Waals surface area contributed by atoms with Crippen LogP contribution in [0.1, 0.15) is 20.8 Å². The number of ether oxygens (including phenoxy) is 1. The van der Waals surface area contributed by atoms with Crippen LogP contribution in [0.4, 0.5) is 13.2 Å². The fraction of sp³-hybridized carbons (Fsp3) is 0.846. The molecule has 1 N–H and O–H groups in total. The van der Waals surface area contributed by atoms with Crippen molar-refractivity contribution in [2.75, 3.05) is 19.6 Å². The third kappa shape index (κ3) is 2.05. The molecule has 0 spiro atoms. The summed E-state index contributed by atoms with van der Waals surface area (Å²) in [5.74, 6) is -2.15. The summed E-state index contributed by atoms with van der Waals surface area (Å²) in [6.07, 6.45) is -4.99. The number of oxime groups is 1. The molecular formula is C13H18F3N3O3. The summed E-state index contributed by atoms with van der Waals surface area (Å²) < 4.78 is 42.3. The van der Waals surface area contributed by atoms with Gasteiger partial charge in [0.15, 0.2) is 5.84 Å². The third-order valence-electron chi connectivity index (χ3n) is 4.61. The van der Waals surface area contributed by atoms with Crippen LogP contribution in [0.5, 0.6) is 0 Å². The smallest absolute Gasteiger partial charge is 0.450 e. The first-order valence-corrected chi connectivity index (χ1v) is 7.18. The Bertz CT molecular complexity index is 534. The first-order chi connectivity index (χ1) is 10.1. The molecule has 9 heteroatoms. The fourth-order valence-corrected chi connectivity index (χ4v) is 3.55. The second-order valence-electron chi connectivity index (χ2n) is 6.29. The van der Waals surface area contributed by atoms with Gasteiger partial charge in [0.2, 0.25) is 5.72 Å². The molecule has 3 rings (SSSR count). The lowest BCUT2D eigenvalue weighted by atomic mass is 10.1. The number of rotatable bonds is 3. The van der Waals surface area contributed by atoms with E-state index in [4.69, 9.17) is 9.57 Å². The van der Waals surface area contributed by atoms with Crippen molar-refractivity contribution in [1.29, 1.82) is 0 Å². The molecule has 0 aromatic carbocycles. The summed E-state index contributed by atoms with van der Waals surface area (Å²) in [6.45, 7) is 6.87. The summed E-state index contributed by atoms with van der Waals surface area (Å²) in [4.78, 5) is 18.5. The number of fused-ring (bicyclic) bond motifs is 1. The molecule has 22 heavy (non-hydrogen) atoms. The zero-order valence-corrected chi connectivity index (χ0v) is 12.5. The Kier molecular flexibility index (Phi) is 3.15. The minimum Gasteiger partial charge on any atom is -0.450 e. The van der Waals surface area contributed by atoms with E-state index in [9.17, 15) is 18.0 Å². The number of hydrogen-bond acceptors (Lipinski definition) is 6. The molecule has 1 saturated carbocycles. The van der Waals surface area contributed by atoms with Gasteiger partial charge in [-0.3, -0.25) is 0 Å². The van der Waals surface area contributed by atoms with Gasteiger partial charge in [-0.1, -0.05) is 5.16 Å². The largest absolute Gasteiger partial charge is 0.490 e. The predicted octanol–water partition coefficient (Wildman–Crippen LogP) is 1.08. The Morgan fingerprint density at radius 2 is 2.23 bits per heavy atom. The van der Waals surface area contributed by atoms with Crippen molar-refractivity contribution in [3.63, 3.8) is 0 Å². The second-order valence-corrected chi connectivity index (χ2v) is 6.29.